The number of hydrogen-bond donors (Lipinski definition) is 2. The highest BCUT2D eigenvalue weighted by atomic mass is 32.2. The van der Waals surface area contributed by atoms with Gasteiger partial charge in [0.25, 0.3) is 0 Å². The van der Waals surface area contributed by atoms with Gasteiger partial charge in [-0.15, -0.1) is 0 Å². The molecule has 0 spiro atoms. The van der Waals surface area contributed by atoms with Crippen LogP contribution in [0.2, 0.25) is 0 Å². The number of hydrogen-bond acceptors (Lipinski definition) is 6. The standard InChI is InChI=1S/C12H24N4O3S/c1-6-20(17,18)14-7-9(2)13-8-10-15-11(16-19-10)12(3,4)5/h9,13-14H,6-8H2,1-5H3/t9-/m0/s1. The maximum absolute atomic E-state index is 11.3. The van der Waals surface area contributed by atoms with Crippen molar-refractivity contribution in [2.24, 2.45) is 0 Å². The van der Waals surface area contributed by atoms with Crippen LogP contribution >= 0.6 is 0 Å². The van der Waals surface area contributed by atoms with Crippen LogP contribution in [0, 0.1) is 0 Å². The molecule has 0 aliphatic heterocycles. The Kier molecular flexibility index (Phi) is 5.67. The highest BCUT2D eigenvalue weighted by molar-refractivity contribution is 7.89. The molecule has 20 heavy (non-hydrogen) atoms. The van der Waals surface area contributed by atoms with Crippen LogP contribution in [0.15, 0.2) is 4.52 Å². The van der Waals surface area contributed by atoms with Crippen molar-refractivity contribution in [1.82, 2.24) is 20.2 Å². The van der Waals surface area contributed by atoms with Gasteiger partial charge >= 0.3 is 0 Å². The second-order valence-electron chi connectivity index (χ2n) is 5.80. The summed E-state index contributed by atoms with van der Waals surface area (Å²) in [4.78, 5) is 4.30. The lowest BCUT2D eigenvalue weighted by molar-refractivity contribution is 0.348. The summed E-state index contributed by atoms with van der Waals surface area (Å²) in [6, 6.07) is -0.0266. The Hall–Kier alpha value is -0.990. The molecule has 1 atom stereocenters. The van der Waals surface area contributed by atoms with Crippen molar-refractivity contribution in [3.63, 3.8) is 0 Å². The molecule has 0 fully saturated rings. The number of sulfonamides is 1. The van der Waals surface area contributed by atoms with Crippen molar-refractivity contribution in [2.45, 2.75) is 52.6 Å². The zero-order chi connectivity index (χ0) is 15.4. The highest BCUT2D eigenvalue weighted by Gasteiger charge is 2.21. The Bertz CT molecular complexity index is 519. The van der Waals surface area contributed by atoms with E-state index in [-0.39, 0.29) is 17.2 Å². The third-order valence-electron chi connectivity index (χ3n) is 2.73. The van der Waals surface area contributed by atoms with Crippen molar-refractivity contribution in [3.8, 4) is 0 Å². The minimum absolute atomic E-state index is 0.0266. The molecule has 0 aliphatic carbocycles. The molecule has 1 heterocycles. The van der Waals surface area contributed by atoms with Gasteiger partial charge in [0.1, 0.15) is 0 Å². The van der Waals surface area contributed by atoms with Crippen molar-refractivity contribution in [2.75, 3.05) is 12.3 Å². The SMILES string of the molecule is CCS(=O)(=O)NC[C@H](C)NCc1nc(C(C)(C)C)no1. The van der Waals surface area contributed by atoms with Crippen molar-refractivity contribution >= 4 is 10.0 Å². The first-order valence-electron chi connectivity index (χ1n) is 6.68. The van der Waals surface area contributed by atoms with Crippen LogP contribution in [-0.2, 0) is 22.0 Å². The van der Waals surface area contributed by atoms with Gasteiger partial charge in [0.05, 0.1) is 12.3 Å². The van der Waals surface area contributed by atoms with Crippen LogP contribution in [0.1, 0.15) is 46.3 Å². The zero-order valence-electron chi connectivity index (χ0n) is 12.7. The molecule has 0 aromatic carbocycles. The number of rotatable bonds is 7. The molecule has 2 N–H and O–H groups in total. The molecule has 7 nitrogen and oxygen atoms in total. The van der Waals surface area contributed by atoms with Crippen LogP contribution in [-0.4, -0.2) is 36.9 Å². The summed E-state index contributed by atoms with van der Waals surface area (Å²) < 4.78 is 30.3. The first-order valence-corrected chi connectivity index (χ1v) is 8.33. The normalized spacial score (nSPS) is 14.4. The Morgan fingerprint density at radius 2 is 2.00 bits per heavy atom. The molecule has 0 saturated heterocycles. The van der Waals surface area contributed by atoms with E-state index in [1.807, 2.05) is 27.7 Å². The lowest BCUT2D eigenvalue weighted by Crippen LogP contribution is -2.39. The minimum atomic E-state index is -3.15. The number of aromatic nitrogens is 2. The first kappa shape index (κ1) is 17.1. The summed E-state index contributed by atoms with van der Waals surface area (Å²) in [6.45, 7) is 10.3. The van der Waals surface area contributed by atoms with Gasteiger partial charge in [-0.25, -0.2) is 13.1 Å². The third-order valence-corrected chi connectivity index (χ3v) is 4.10. The van der Waals surface area contributed by atoms with Gasteiger partial charge in [0.15, 0.2) is 5.82 Å². The Morgan fingerprint density at radius 1 is 1.35 bits per heavy atom. The maximum atomic E-state index is 11.3. The van der Waals surface area contributed by atoms with Crippen LogP contribution in [0.5, 0.6) is 0 Å². The fourth-order valence-electron chi connectivity index (χ4n) is 1.32. The summed E-state index contributed by atoms with van der Waals surface area (Å²) in [7, 11) is -3.15. The molecule has 0 unspecified atom stereocenters. The van der Waals surface area contributed by atoms with Gasteiger partial charge in [0, 0.05) is 18.0 Å². The maximum Gasteiger partial charge on any atom is 0.240 e. The highest BCUT2D eigenvalue weighted by Crippen LogP contribution is 2.18. The summed E-state index contributed by atoms with van der Waals surface area (Å²) in [5, 5.41) is 7.06. The molecular weight excluding hydrogens is 280 g/mol. The molecule has 0 amide bonds. The van der Waals surface area contributed by atoms with Crippen molar-refractivity contribution in [1.29, 1.82) is 0 Å². The summed E-state index contributed by atoms with van der Waals surface area (Å²) >= 11 is 0. The fraction of sp³-hybridized carbons (Fsp3) is 0.833. The molecule has 1 rings (SSSR count). The molecule has 0 bridgehead atoms. The first-order chi connectivity index (χ1) is 9.14. The van der Waals surface area contributed by atoms with E-state index in [4.69, 9.17) is 4.52 Å². The smallest absolute Gasteiger partial charge is 0.240 e. The lowest BCUT2D eigenvalue weighted by Gasteiger charge is -2.13. The van der Waals surface area contributed by atoms with Crippen LogP contribution in [0.4, 0.5) is 0 Å². The monoisotopic (exact) mass is 304 g/mol. The third kappa shape index (κ3) is 5.56. The van der Waals surface area contributed by atoms with E-state index in [0.717, 1.165) is 0 Å². The minimum Gasteiger partial charge on any atom is -0.338 e. The molecule has 0 saturated carbocycles. The number of nitrogens with one attached hydrogen (secondary N) is 2. The van der Waals surface area contributed by atoms with E-state index in [1.54, 1.807) is 6.92 Å². The van der Waals surface area contributed by atoms with Crippen molar-refractivity contribution in [3.05, 3.63) is 11.7 Å². The molecule has 0 radical (unpaired) electrons. The fourth-order valence-corrected chi connectivity index (χ4v) is 2.03. The van der Waals surface area contributed by atoms with Gasteiger partial charge < -0.3 is 9.84 Å². The van der Waals surface area contributed by atoms with Gasteiger partial charge in [-0.3, -0.25) is 0 Å². The van der Waals surface area contributed by atoms with E-state index in [0.29, 0.717) is 24.8 Å². The quantitative estimate of drug-likeness (QED) is 0.773. The van der Waals surface area contributed by atoms with E-state index < -0.39 is 10.0 Å². The predicted molar refractivity (Wildman–Crippen MR) is 76.8 cm³/mol. The number of nitrogens with zero attached hydrogens (tertiary/aromatic N) is 2. The second-order valence-corrected chi connectivity index (χ2v) is 7.89. The van der Waals surface area contributed by atoms with Gasteiger partial charge in [-0.2, -0.15) is 4.98 Å². The Labute approximate surface area is 120 Å². The molecule has 116 valence electrons. The van der Waals surface area contributed by atoms with Crippen molar-refractivity contribution < 1.29 is 12.9 Å². The van der Waals surface area contributed by atoms with Crippen LogP contribution in [0.25, 0.3) is 0 Å². The molecule has 8 heteroatoms. The van der Waals surface area contributed by atoms with E-state index >= 15 is 0 Å². The van der Waals surface area contributed by atoms with Gasteiger partial charge in [0.2, 0.25) is 15.9 Å². The second kappa shape index (κ2) is 6.64. The lowest BCUT2D eigenvalue weighted by atomic mass is 9.96. The largest absolute Gasteiger partial charge is 0.338 e. The van der Waals surface area contributed by atoms with E-state index in [9.17, 15) is 8.42 Å². The molecule has 1 aromatic rings. The van der Waals surface area contributed by atoms with Crippen LogP contribution in [0.3, 0.4) is 0 Å². The molecular formula is C12H24N4O3S. The molecule has 1 aromatic heterocycles. The predicted octanol–water partition coefficient (Wildman–Crippen LogP) is 0.785. The van der Waals surface area contributed by atoms with Gasteiger partial charge in [-0.05, 0) is 13.8 Å². The topological polar surface area (TPSA) is 97.1 Å². The summed E-state index contributed by atoms with van der Waals surface area (Å²) in [5.41, 5.74) is -0.149. The summed E-state index contributed by atoms with van der Waals surface area (Å²) in [6.07, 6.45) is 0. The Balaban J connectivity index is 2.42. The molecule has 0 aliphatic rings. The zero-order valence-corrected chi connectivity index (χ0v) is 13.5. The van der Waals surface area contributed by atoms with E-state index in [2.05, 4.69) is 20.2 Å². The average molecular weight is 304 g/mol. The Morgan fingerprint density at radius 3 is 2.50 bits per heavy atom. The summed E-state index contributed by atoms with van der Waals surface area (Å²) in [5.74, 6) is 1.24. The van der Waals surface area contributed by atoms with E-state index in [1.165, 1.54) is 0 Å². The average Bonchev–Trinajstić information content (AvgIpc) is 2.82. The van der Waals surface area contributed by atoms with Gasteiger partial charge in [-0.1, -0.05) is 25.9 Å². The van der Waals surface area contributed by atoms with Crippen LogP contribution < -0.4 is 10.0 Å².